The van der Waals surface area contributed by atoms with E-state index in [0.717, 1.165) is 37.9 Å². The highest BCUT2D eigenvalue weighted by atomic mass is 16.5. The molecule has 1 aliphatic carbocycles. The fourth-order valence-electron chi connectivity index (χ4n) is 4.48. The van der Waals surface area contributed by atoms with Gasteiger partial charge in [-0.15, -0.1) is 10.2 Å². The van der Waals surface area contributed by atoms with E-state index in [1.54, 1.807) is 25.3 Å². The number of para-hydroxylation sites is 2. The number of aromatic nitrogens is 4. The normalized spacial score (nSPS) is 14.6. The van der Waals surface area contributed by atoms with Gasteiger partial charge in [0.05, 0.1) is 12.8 Å². The lowest BCUT2D eigenvalue weighted by molar-refractivity contribution is -0.127. The molecule has 2 heterocycles. The van der Waals surface area contributed by atoms with Gasteiger partial charge in [-0.2, -0.15) is 4.80 Å². The third-order valence-electron chi connectivity index (χ3n) is 6.18. The van der Waals surface area contributed by atoms with Gasteiger partial charge in [0.25, 0.3) is 5.91 Å². The molecule has 1 N–H and O–H groups in total. The van der Waals surface area contributed by atoms with E-state index in [1.165, 1.54) is 9.70 Å². The highest BCUT2D eigenvalue weighted by Crippen LogP contribution is 2.31. The number of carbonyl (C=O) groups is 2. The van der Waals surface area contributed by atoms with Crippen LogP contribution in [0.5, 0.6) is 5.75 Å². The van der Waals surface area contributed by atoms with Gasteiger partial charge in [0.1, 0.15) is 24.1 Å². The first-order valence-corrected chi connectivity index (χ1v) is 12.1. The Balaban J connectivity index is 1.63. The Hall–Kier alpha value is -3.69. The molecule has 0 unspecified atom stereocenters. The number of methoxy groups -OCH3 is 1. The number of anilines is 1. The predicted octanol–water partition coefficient (Wildman–Crippen LogP) is 3.51. The minimum absolute atomic E-state index is 0.146. The van der Waals surface area contributed by atoms with Crippen LogP contribution in [0, 0.1) is 6.92 Å². The van der Waals surface area contributed by atoms with Gasteiger partial charge in [-0.25, -0.2) is 0 Å². The number of furan rings is 1. The largest absolute Gasteiger partial charge is 0.495 e. The standard InChI is InChI=1S/C25H32N6O4/c1-4-9-20(25(33)26-18-10-5-6-11-18)31(19-12-7-8-13-21(19)34-3)23(32)16-30-28-24(27-29-30)22-15-14-17(2)35-22/h7-8,12-15,18,20H,4-6,9-11,16H2,1-3H3,(H,26,33)/t20-/m1/s1. The van der Waals surface area contributed by atoms with E-state index in [9.17, 15) is 9.59 Å². The Labute approximate surface area is 204 Å². The molecule has 10 heteroatoms. The molecule has 0 radical (unpaired) electrons. The molecule has 1 fully saturated rings. The molecule has 2 aromatic heterocycles. The molecule has 0 bridgehead atoms. The lowest BCUT2D eigenvalue weighted by atomic mass is 10.1. The van der Waals surface area contributed by atoms with Crippen molar-refractivity contribution in [2.24, 2.45) is 0 Å². The van der Waals surface area contributed by atoms with Crippen LogP contribution in [0.4, 0.5) is 5.69 Å². The maximum absolute atomic E-state index is 13.7. The van der Waals surface area contributed by atoms with E-state index in [4.69, 9.17) is 9.15 Å². The Kier molecular flexibility index (Phi) is 7.79. The third-order valence-corrected chi connectivity index (χ3v) is 6.18. The maximum atomic E-state index is 13.7. The highest BCUT2D eigenvalue weighted by molar-refractivity contribution is 6.01. The molecule has 3 aromatic rings. The number of hydrogen-bond donors (Lipinski definition) is 1. The summed E-state index contributed by atoms with van der Waals surface area (Å²) in [5, 5.41) is 15.5. The first-order chi connectivity index (χ1) is 17.0. The van der Waals surface area contributed by atoms with Crippen molar-refractivity contribution >= 4 is 17.5 Å². The quantitative estimate of drug-likeness (QED) is 0.472. The van der Waals surface area contributed by atoms with Crippen molar-refractivity contribution in [2.45, 2.75) is 71.0 Å². The highest BCUT2D eigenvalue weighted by Gasteiger charge is 2.34. The van der Waals surface area contributed by atoms with Crippen molar-refractivity contribution in [2.75, 3.05) is 12.0 Å². The van der Waals surface area contributed by atoms with Crippen molar-refractivity contribution in [3.05, 3.63) is 42.2 Å². The van der Waals surface area contributed by atoms with Crippen molar-refractivity contribution in [1.29, 1.82) is 0 Å². The zero-order valence-electron chi connectivity index (χ0n) is 20.4. The first kappa shape index (κ1) is 24.4. The van der Waals surface area contributed by atoms with Crippen LogP contribution in [0.2, 0.25) is 0 Å². The molecule has 0 spiro atoms. The van der Waals surface area contributed by atoms with Crippen molar-refractivity contribution in [3.8, 4) is 17.3 Å². The molecule has 4 rings (SSSR count). The fourth-order valence-corrected chi connectivity index (χ4v) is 4.48. The summed E-state index contributed by atoms with van der Waals surface area (Å²) >= 11 is 0. The Morgan fingerprint density at radius 1 is 1.23 bits per heavy atom. The number of carbonyl (C=O) groups excluding carboxylic acids is 2. The second kappa shape index (κ2) is 11.2. The zero-order valence-corrected chi connectivity index (χ0v) is 20.4. The molecule has 0 aliphatic heterocycles. The summed E-state index contributed by atoms with van der Waals surface area (Å²) in [6.07, 6.45) is 5.37. The van der Waals surface area contributed by atoms with E-state index < -0.39 is 6.04 Å². The average Bonchev–Trinajstić information content (AvgIpc) is 3.62. The number of benzene rings is 1. The molecule has 2 amide bonds. The van der Waals surface area contributed by atoms with Crippen LogP contribution in [0.25, 0.3) is 11.6 Å². The van der Waals surface area contributed by atoms with Gasteiger partial charge in [-0.3, -0.25) is 14.5 Å². The van der Waals surface area contributed by atoms with Gasteiger partial charge in [0.2, 0.25) is 11.7 Å². The monoisotopic (exact) mass is 480 g/mol. The van der Waals surface area contributed by atoms with Crippen molar-refractivity contribution in [1.82, 2.24) is 25.5 Å². The number of ether oxygens (including phenoxy) is 1. The summed E-state index contributed by atoms with van der Waals surface area (Å²) in [6, 6.07) is 10.2. The molecule has 186 valence electrons. The number of nitrogens with one attached hydrogen (secondary N) is 1. The summed E-state index contributed by atoms with van der Waals surface area (Å²) in [5.41, 5.74) is 0.530. The molecule has 35 heavy (non-hydrogen) atoms. The Morgan fingerprint density at radius 3 is 2.69 bits per heavy atom. The number of nitrogens with zero attached hydrogens (tertiary/aromatic N) is 5. The van der Waals surface area contributed by atoms with E-state index in [0.29, 0.717) is 29.4 Å². The Bertz CT molecular complexity index is 1150. The lowest BCUT2D eigenvalue weighted by Crippen LogP contribution is -2.52. The second-order valence-electron chi connectivity index (χ2n) is 8.78. The maximum Gasteiger partial charge on any atom is 0.251 e. The SMILES string of the molecule is CCC[C@H](C(=O)NC1CCCC1)N(C(=O)Cn1nnc(-c2ccc(C)o2)n1)c1ccccc1OC. The number of hydrogen-bond acceptors (Lipinski definition) is 7. The summed E-state index contributed by atoms with van der Waals surface area (Å²) in [5.74, 6) is 1.51. The van der Waals surface area contributed by atoms with Crippen LogP contribution >= 0.6 is 0 Å². The first-order valence-electron chi connectivity index (χ1n) is 12.1. The van der Waals surface area contributed by atoms with Crippen LogP contribution < -0.4 is 15.0 Å². The topological polar surface area (TPSA) is 115 Å². The number of amides is 2. The van der Waals surface area contributed by atoms with Crippen LogP contribution in [0.3, 0.4) is 0 Å². The van der Waals surface area contributed by atoms with Crippen molar-refractivity contribution < 1.29 is 18.7 Å². The molecule has 10 nitrogen and oxygen atoms in total. The van der Waals surface area contributed by atoms with Gasteiger partial charge in [0.15, 0.2) is 5.76 Å². The minimum atomic E-state index is -0.694. The minimum Gasteiger partial charge on any atom is -0.495 e. The van der Waals surface area contributed by atoms with E-state index in [-0.39, 0.29) is 24.4 Å². The van der Waals surface area contributed by atoms with Gasteiger partial charge >= 0.3 is 0 Å². The molecular formula is C25H32N6O4. The molecule has 1 aliphatic rings. The number of aryl methyl sites for hydroxylation is 1. The summed E-state index contributed by atoms with van der Waals surface area (Å²) in [7, 11) is 1.55. The van der Waals surface area contributed by atoms with E-state index in [2.05, 4.69) is 20.7 Å². The molecule has 1 aromatic carbocycles. The summed E-state index contributed by atoms with van der Waals surface area (Å²) in [4.78, 5) is 29.9. The average molecular weight is 481 g/mol. The lowest BCUT2D eigenvalue weighted by Gasteiger charge is -2.32. The van der Waals surface area contributed by atoms with Gasteiger partial charge in [-0.1, -0.05) is 38.3 Å². The fraction of sp³-hybridized carbons (Fsp3) is 0.480. The smallest absolute Gasteiger partial charge is 0.251 e. The number of tetrazole rings is 1. The van der Waals surface area contributed by atoms with Crippen molar-refractivity contribution in [3.63, 3.8) is 0 Å². The van der Waals surface area contributed by atoms with Gasteiger partial charge < -0.3 is 14.5 Å². The number of rotatable bonds is 10. The Morgan fingerprint density at radius 2 is 2.00 bits per heavy atom. The van der Waals surface area contributed by atoms with Crippen LogP contribution in [0.1, 0.15) is 51.2 Å². The summed E-state index contributed by atoms with van der Waals surface area (Å²) < 4.78 is 11.1. The van der Waals surface area contributed by atoms with Crippen LogP contribution in [-0.2, 0) is 16.1 Å². The molecule has 1 atom stereocenters. The zero-order chi connectivity index (χ0) is 24.8. The van der Waals surface area contributed by atoms with Gasteiger partial charge in [-0.05, 0) is 55.7 Å². The predicted molar refractivity (Wildman–Crippen MR) is 130 cm³/mol. The third kappa shape index (κ3) is 5.70. The second-order valence-corrected chi connectivity index (χ2v) is 8.78. The van der Waals surface area contributed by atoms with E-state index in [1.807, 2.05) is 32.0 Å². The molecule has 0 saturated heterocycles. The van der Waals surface area contributed by atoms with E-state index >= 15 is 0 Å². The summed E-state index contributed by atoms with van der Waals surface area (Å²) in [6.45, 7) is 3.63. The van der Waals surface area contributed by atoms with Gasteiger partial charge in [0, 0.05) is 6.04 Å². The van der Waals surface area contributed by atoms with Crippen LogP contribution in [0.15, 0.2) is 40.8 Å². The molecule has 1 saturated carbocycles. The van der Waals surface area contributed by atoms with Crippen LogP contribution in [-0.4, -0.2) is 51.2 Å². The molecular weight excluding hydrogens is 448 g/mol.